The highest BCUT2D eigenvalue weighted by Gasteiger charge is 2.14. The highest BCUT2D eigenvalue weighted by Crippen LogP contribution is 2.17. The van der Waals surface area contributed by atoms with Gasteiger partial charge in [0.05, 0.1) is 10.6 Å². The summed E-state index contributed by atoms with van der Waals surface area (Å²) in [5, 5.41) is 0. The number of halogens is 1. The predicted molar refractivity (Wildman–Crippen MR) is 66.6 cm³/mol. The molecule has 18 heavy (non-hydrogen) atoms. The van der Waals surface area contributed by atoms with Crippen molar-refractivity contribution in [1.29, 1.82) is 0 Å². The van der Waals surface area contributed by atoms with Gasteiger partial charge in [-0.2, -0.15) is 0 Å². The highest BCUT2D eigenvalue weighted by atomic mass is 32.2. The molecule has 94 valence electrons. The van der Waals surface area contributed by atoms with Crippen LogP contribution in [-0.2, 0) is 16.3 Å². The van der Waals surface area contributed by atoms with Gasteiger partial charge in [0.15, 0.2) is 9.84 Å². The molecule has 0 spiro atoms. The fraction of sp³-hybridized carbons (Fsp3) is 0.154. The molecule has 2 rings (SSSR count). The third kappa shape index (κ3) is 2.92. The Morgan fingerprint density at radius 3 is 2.67 bits per heavy atom. The van der Waals surface area contributed by atoms with E-state index >= 15 is 0 Å². The molecule has 0 atom stereocenters. The van der Waals surface area contributed by atoms with E-state index < -0.39 is 9.84 Å². The molecule has 0 fully saturated rings. The number of rotatable bonds is 3. The first-order valence-electron chi connectivity index (χ1n) is 5.35. The van der Waals surface area contributed by atoms with Crippen LogP contribution in [0.1, 0.15) is 11.3 Å². The molecule has 0 unspecified atom stereocenters. The molecule has 1 aromatic heterocycles. The minimum atomic E-state index is -3.32. The van der Waals surface area contributed by atoms with Crippen molar-refractivity contribution in [2.24, 2.45) is 0 Å². The summed E-state index contributed by atoms with van der Waals surface area (Å²) in [6.07, 6.45) is 2.96. The largest absolute Gasteiger partial charge is 0.260 e. The van der Waals surface area contributed by atoms with Crippen molar-refractivity contribution in [2.75, 3.05) is 6.26 Å². The van der Waals surface area contributed by atoms with Crippen LogP contribution in [0, 0.1) is 5.82 Å². The topological polar surface area (TPSA) is 47.0 Å². The Bertz CT molecular complexity index is 668. The van der Waals surface area contributed by atoms with E-state index in [9.17, 15) is 12.8 Å². The second-order valence-electron chi connectivity index (χ2n) is 4.03. The Balaban J connectivity index is 2.41. The number of benzene rings is 1. The maximum atomic E-state index is 13.1. The second-order valence-corrected chi connectivity index (χ2v) is 6.01. The molecule has 3 nitrogen and oxygen atoms in total. The van der Waals surface area contributed by atoms with Gasteiger partial charge in [-0.05, 0) is 29.8 Å². The number of aromatic nitrogens is 1. The van der Waals surface area contributed by atoms with Gasteiger partial charge in [-0.3, -0.25) is 4.98 Å². The zero-order valence-corrected chi connectivity index (χ0v) is 10.6. The fourth-order valence-corrected chi connectivity index (χ4v) is 2.61. The van der Waals surface area contributed by atoms with Crippen molar-refractivity contribution in [2.45, 2.75) is 11.3 Å². The Kier molecular flexibility index (Phi) is 3.43. The lowest BCUT2D eigenvalue weighted by Crippen LogP contribution is -2.05. The molecule has 5 heteroatoms. The number of pyridine rings is 1. The SMILES string of the molecule is CS(=O)(=O)c1cccnc1Cc1cccc(F)c1. The molecule has 0 aliphatic carbocycles. The van der Waals surface area contributed by atoms with E-state index in [1.54, 1.807) is 18.2 Å². The summed E-state index contributed by atoms with van der Waals surface area (Å²) in [5.41, 5.74) is 1.13. The molecule has 0 amide bonds. The van der Waals surface area contributed by atoms with Crippen LogP contribution in [0.3, 0.4) is 0 Å². The Morgan fingerprint density at radius 1 is 1.22 bits per heavy atom. The maximum Gasteiger partial charge on any atom is 0.177 e. The maximum absolute atomic E-state index is 13.1. The molecule has 1 aromatic carbocycles. The molecule has 0 N–H and O–H groups in total. The van der Waals surface area contributed by atoms with E-state index in [4.69, 9.17) is 0 Å². The van der Waals surface area contributed by atoms with Crippen LogP contribution in [-0.4, -0.2) is 19.7 Å². The van der Waals surface area contributed by atoms with Gasteiger partial charge in [0, 0.05) is 18.9 Å². The first kappa shape index (κ1) is 12.7. The van der Waals surface area contributed by atoms with Crippen LogP contribution < -0.4 is 0 Å². The molecule has 0 saturated carbocycles. The zero-order valence-electron chi connectivity index (χ0n) is 9.80. The normalized spacial score (nSPS) is 11.4. The van der Waals surface area contributed by atoms with Crippen LogP contribution in [0.4, 0.5) is 4.39 Å². The van der Waals surface area contributed by atoms with Gasteiger partial charge < -0.3 is 0 Å². The molecule has 0 saturated heterocycles. The Labute approximate surface area is 105 Å². The van der Waals surface area contributed by atoms with E-state index in [1.807, 2.05) is 0 Å². The Morgan fingerprint density at radius 2 is 2.00 bits per heavy atom. The lowest BCUT2D eigenvalue weighted by Gasteiger charge is -2.06. The molecule has 0 radical (unpaired) electrons. The summed E-state index contributed by atoms with van der Waals surface area (Å²) in [6, 6.07) is 9.14. The molecular weight excluding hydrogens is 253 g/mol. The van der Waals surface area contributed by atoms with Crippen LogP contribution in [0.2, 0.25) is 0 Å². The van der Waals surface area contributed by atoms with E-state index in [0.29, 0.717) is 17.7 Å². The summed E-state index contributed by atoms with van der Waals surface area (Å²) in [5.74, 6) is -0.343. The van der Waals surface area contributed by atoms with Crippen molar-refractivity contribution in [3.8, 4) is 0 Å². The second kappa shape index (κ2) is 4.86. The van der Waals surface area contributed by atoms with Gasteiger partial charge in [0.1, 0.15) is 5.82 Å². The molecule has 2 aromatic rings. The Hall–Kier alpha value is -1.75. The number of nitrogens with zero attached hydrogens (tertiary/aromatic N) is 1. The van der Waals surface area contributed by atoms with Gasteiger partial charge >= 0.3 is 0 Å². The van der Waals surface area contributed by atoms with Crippen molar-refractivity contribution in [1.82, 2.24) is 4.98 Å². The van der Waals surface area contributed by atoms with Gasteiger partial charge in [0.25, 0.3) is 0 Å². The summed E-state index contributed by atoms with van der Waals surface area (Å²) < 4.78 is 36.3. The van der Waals surface area contributed by atoms with Crippen LogP contribution in [0.5, 0.6) is 0 Å². The zero-order chi connectivity index (χ0) is 13.2. The third-order valence-corrected chi connectivity index (χ3v) is 3.68. The average Bonchev–Trinajstić information content (AvgIpc) is 2.28. The number of hydrogen-bond acceptors (Lipinski definition) is 3. The molecule has 0 aliphatic heterocycles. The van der Waals surface area contributed by atoms with Crippen LogP contribution >= 0.6 is 0 Å². The molecule has 1 heterocycles. The lowest BCUT2D eigenvalue weighted by atomic mass is 10.1. The first-order chi connectivity index (χ1) is 8.47. The average molecular weight is 265 g/mol. The highest BCUT2D eigenvalue weighted by molar-refractivity contribution is 7.90. The smallest absolute Gasteiger partial charge is 0.177 e. The molecule has 0 bridgehead atoms. The summed E-state index contributed by atoms with van der Waals surface area (Å²) in [4.78, 5) is 4.26. The minimum absolute atomic E-state index is 0.189. The van der Waals surface area contributed by atoms with E-state index in [1.165, 1.54) is 24.4 Å². The number of sulfone groups is 1. The minimum Gasteiger partial charge on any atom is -0.260 e. The van der Waals surface area contributed by atoms with E-state index in [0.717, 1.165) is 6.26 Å². The fourth-order valence-electron chi connectivity index (χ4n) is 1.73. The van der Waals surface area contributed by atoms with Gasteiger partial charge in [-0.15, -0.1) is 0 Å². The number of hydrogen-bond donors (Lipinski definition) is 0. The van der Waals surface area contributed by atoms with Gasteiger partial charge in [-0.1, -0.05) is 12.1 Å². The standard InChI is InChI=1S/C13H12FNO2S/c1-18(16,17)13-6-3-7-15-12(13)9-10-4-2-5-11(14)8-10/h2-8H,9H2,1H3. The van der Waals surface area contributed by atoms with Crippen LogP contribution in [0.15, 0.2) is 47.5 Å². The van der Waals surface area contributed by atoms with Gasteiger partial charge in [0.2, 0.25) is 0 Å². The lowest BCUT2D eigenvalue weighted by molar-refractivity contribution is 0.600. The van der Waals surface area contributed by atoms with Crippen LogP contribution in [0.25, 0.3) is 0 Å². The summed E-state index contributed by atoms with van der Waals surface area (Å²) in [6.45, 7) is 0. The third-order valence-electron chi connectivity index (χ3n) is 2.51. The summed E-state index contributed by atoms with van der Waals surface area (Å²) in [7, 11) is -3.32. The first-order valence-corrected chi connectivity index (χ1v) is 7.24. The molecular formula is C13H12FNO2S. The van der Waals surface area contributed by atoms with E-state index in [2.05, 4.69) is 4.98 Å². The van der Waals surface area contributed by atoms with Crippen molar-refractivity contribution < 1.29 is 12.8 Å². The van der Waals surface area contributed by atoms with Gasteiger partial charge in [-0.25, -0.2) is 12.8 Å². The predicted octanol–water partition coefficient (Wildman–Crippen LogP) is 2.21. The van der Waals surface area contributed by atoms with E-state index in [-0.39, 0.29) is 10.7 Å². The summed E-state index contributed by atoms with van der Waals surface area (Å²) >= 11 is 0. The van der Waals surface area contributed by atoms with Crippen molar-refractivity contribution in [3.63, 3.8) is 0 Å². The molecule has 0 aliphatic rings. The quantitative estimate of drug-likeness (QED) is 0.855. The van der Waals surface area contributed by atoms with Crippen molar-refractivity contribution in [3.05, 3.63) is 59.7 Å². The monoisotopic (exact) mass is 265 g/mol. The van der Waals surface area contributed by atoms with Crippen molar-refractivity contribution >= 4 is 9.84 Å².